The van der Waals surface area contributed by atoms with E-state index in [9.17, 15) is 18.5 Å². The van der Waals surface area contributed by atoms with Crippen LogP contribution in [0.5, 0.6) is 0 Å². The van der Waals surface area contributed by atoms with Gasteiger partial charge in [-0.2, -0.15) is 0 Å². The zero-order chi connectivity index (χ0) is 13.2. The Bertz CT molecular complexity index is 544. The van der Waals surface area contributed by atoms with Gasteiger partial charge in [0, 0.05) is 17.6 Å². The maximum atomic E-state index is 11.9. The highest BCUT2D eigenvalue weighted by atomic mass is 35.5. The minimum Gasteiger partial charge on any atom is -0.258 e. The maximum absolute atomic E-state index is 11.9. The Hall–Kier alpha value is -1.21. The SMILES string of the molecule is Cc1cnc(S(=O)(=O)C(C)CCl)cc1[N+](=O)[O-]. The van der Waals surface area contributed by atoms with Gasteiger partial charge in [0.05, 0.1) is 16.2 Å². The fourth-order valence-electron chi connectivity index (χ4n) is 1.14. The summed E-state index contributed by atoms with van der Waals surface area (Å²) in [5, 5.41) is 9.55. The van der Waals surface area contributed by atoms with Gasteiger partial charge in [-0.1, -0.05) is 0 Å². The second-order valence-corrected chi connectivity index (χ2v) is 6.20. The minimum absolute atomic E-state index is 0.0916. The van der Waals surface area contributed by atoms with Crippen LogP contribution in [0.25, 0.3) is 0 Å². The van der Waals surface area contributed by atoms with Gasteiger partial charge in [0.2, 0.25) is 0 Å². The summed E-state index contributed by atoms with van der Waals surface area (Å²) in [7, 11) is -3.71. The molecule has 0 saturated carbocycles. The lowest BCUT2D eigenvalue weighted by Gasteiger charge is -2.08. The first-order valence-corrected chi connectivity index (χ1v) is 6.79. The number of hydrogen-bond acceptors (Lipinski definition) is 5. The van der Waals surface area contributed by atoms with Crippen LogP contribution in [-0.2, 0) is 9.84 Å². The standard InChI is InChI=1S/C9H11ClN2O4S/c1-6-5-11-9(3-8(6)12(13)14)17(15,16)7(2)4-10/h3,5,7H,4H2,1-2H3. The van der Waals surface area contributed by atoms with Crippen molar-refractivity contribution in [1.29, 1.82) is 0 Å². The summed E-state index contributed by atoms with van der Waals surface area (Å²) in [6.07, 6.45) is 1.17. The van der Waals surface area contributed by atoms with Crippen molar-refractivity contribution in [3.63, 3.8) is 0 Å². The third-order valence-electron chi connectivity index (χ3n) is 2.28. The fourth-order valence-corrected chi connectivity index (χ4v) is 2.69. The third kappa shape index (κ3) is 2.73. The van der Waals surface area contributed by atoms with Crippen LogP contribution in [-0.4, -0.2) is 29.5 Å². The van der Waals surface area contributed by atoms with E-state index in [0.29, 0.717) is 5.56 Å². The number of sulfone groups is 1. The van der Waals surface area contributed by atoms with E-state index >= 15 is 0 Å². The zero-order valence-electron chi connectivity index (χ0n) is 9.25. The van der Waals surface area contributed by atoms with Crippen LogP contribution in [0, 0.1) is 17.0 Å². The molecule has 0 aromatic carbocycles. The molecule has 0 aliphatic rings. The highest BCUT2D eigenvalue weighted by Crippen LogP contribution is 2.22. The normalized spacial score (nSPS) is 13.4. The van der Waals surface area contributed by atoms with Gasteiger partial charge < -0.3 is 0 Å². The summed E-state index contributed by atoms with van der Waals surface area (Å²) in [6, 6.07) is 0.966. The van der Waals surface area contributed by atoms with Gasteiger partial charge in [0.25, 0.3) is 5.69 Å². The molecule has 8 heteroatoms. The van der Waals surface area contributed by atoms with E-state index in [1.807, 2.05) is 0 Å². The molecule has 0 fully saturated rings. The molecule has 6 nitrogen and oxygen atoms in total. The van der Waals surface area contributed by atoms with Crippen molar-refractivity contribution in [2.45, 2.75) is 24.1 Å². The largest absolute Gasteiger partial charge is 0.276 e. The van der Waals surface area contributed by atoms with Crippen molar-refractivity contribution in [1.82, 2.24) is 4.98 Å². The topological polar surface area (TPSA) is 90.2 Å². The Morgan fingerprint density at radius 3 is 2.65 bits per heavy atom. The van der Waals surface area contributed by atoms with Crippen molar-refractivity contribution in [3.05, 3.63) is 27.9 Å². The number of nitro groups is 1. The number of aromatic nitrogens is 1. The first-order chi connectivity index (χ1) is 7.80. The van der Waals surface area contributed by atoms with E-state index in [4.69, 9.17) is 11.6 Å². The first kappa shape index (κ1) is 13.9. The fraction of sp³-hybridized carbons (Fsp3) is 0.444. The average molecular weight is 279 g/mol. The predicted octanol–water partition coefficient (Wildman–Crippen LogP) is 1.70. The van der Waals surface area contributed by atoms with E-state index < -0.39 is 20.0 Å². The number of alkyl halides is 1. The molecule has 94 valence electrons. The second kappa shape index (κ2) is 4.97. The number of pyridine rings is 1. The predicted molar refractivity (Wildman–Crippen MR) is 63.0 cm³/mol. The molecule has 0 bridgehead atoms. The van der Waals surface area contributed by atoms with Gasteiger partial charge in [-0.05, 0) is 13.8 Å². The number of hydrogen-bond donors (Lipinski definition) is 0. The Morgan fingerprint density at radius 2 is 2.18 bits per heavy atom. The van der Waals surface area contributed by atoms with Crippen LogP contribution in [0.15, 0.2) is 17.3 Å². The van der Waals surface area contributed by atoms with Crippen LogP contribution >= 0.6 is 11.6 Å². The summed E-state index contributed by atoms with van der Waals surface area (Å²) in [6.45, 7) is 2.92. The third-order valence-corrected chi connectivity index (χ3v) is 4.96. The Kier molecular flexibility index (Phi) is 4.05. The van der Waals surface area contributed by atoms with Crippen LogP contribution in [0.1, 0.15) is 12.5 Å². The highest BCUT2D eigenvalue weighted by Gasteiger charge is 2.26. The van der Waals surface area contributed by atoms with Crippen LogP contribution < -0.4 is 0 Å². The van der Waals surface area contributed by atoms with E-state index in [-0.39, 0.29) is 16.6 Å². The quantitative estimate of drug-likeness (QED) is 0.475. The summed E-state index contributed by atoms with van der Waals surface area (Å²) >= 11 is 5.48. The average Bonchev–Trinajstić information content (AvgIpc) is 2.27. The van der Waals surface area contributed by atoms with E-state index in [1.54, 1.807) is 0 Å². The molecule has 0 aliphatic heterocycles. The lowest BCUT2D eigenvalue weighted by Crippen LogP contribution is -2.20. The molecule has 1 aromatic heterocycles. The molecule has 0 spiro atoms. The van der Waals surface area contributed by atoms with Crippen molar-refractivity contribution in [2.24, 2.45) is 0 Å². The molecule has 1 aromatic rings. The smallest absolute Gasteiger partial charge is 0.258 e. The van der Waals surface area contributed by atoms with E-state index in [0.717, 1.165) is 6.07 Å². The monoisotopic (exact) mass is 278 g/mol. The summed E-state index contributed by atoms with van der Waals surface area (Å²) in [5.74, 6) is -0.0916. The van der Waals surface area contributed by atoms with Gasteiger partial charge >= 0.3 is 0 Å². The molecule has 1 unspecified atom stereocenters. The molecule has 17 heavy (non-hydrogen) atoms. The molecule has 1 atom stereocenters. The van der Waals surface area contributed by atoms with E-state index in [1.165, 1.54) is 20.0 Å². The molecule has 0 aliphatic carbocycles. The molecule has 0 saturated heterocycles. The van der Waals surface area contributed by atoms with Gasteiger partial charge in [-0.25, -0.2) is 13.4 Å². The molecule has 0 amide bonds. The zero-order valence-corrected chi connectivity index (χ0v) is 10.8. The van der Waals surface area contributed by atoms with Gasteiger partial charge in [-0.15, -0.1) is 11.6 Å². The number of rotatable bonds is 4. The maximum Gasteiger partial charge on any atom is 0.276 e. The lowest BCUT2D eigenvalue weighted by molar-refractivity contribution is -0.385. The number of aryl methyl sites for hydroxylation is 1. The Morgan fingerprint density at radius 1 is 1.59 bits per heavy atom. The van der Waals surface area contributed by atoms with Crippen molar-refractivity contribution < 1.29 is 13.3 Å². The van der Waals surface area contributed by atoms with Crippen molar-refractivity contribution >= 4 is 27.1 Å². The number of halogens is 1. The molecule has 0 N–H and O–H groups in total. The molecule has 1 rings (SSSR count). The molecular formula is C9H11ClN2O4S. The van der Waals surface area contributed by atoms with Gasteiger partial charge in [0.15, 0.2) is 14.9 Å². The van der Waals surface area contributed by atoms with Crippen molar-refractivity contribution in [3.8, 4) is 0 Å². The van der Waals surface area contributed by atoms with Crippen molar-refractivity contribution in [2.75, 3.05) is 5.88 Å². The van der Waals surface area contributed by atoms with Gasteiger partial charge in [0.1, 0.15) is 0 Å². The van der Waals surface area contributed by atoms with Crippen LogP contribution in [0.3, 0.4) is 0 Å². The summed E-state index contributed by atoms with van der Waals surface area (Å²) in [5.41, 5.74) is 0.0489. The number of nitrogens with zero attached hydrogens (tertiary/aromatic N) is 2. The van der Waals surface area contributed by atoms with E-state index in [2.05, 4.69) is 4.98 Å². The van der Waals surface area contributed by atoms with Crippen LogP contribution in [0.4, 0.5) is 5.69 Å². The summed E-state index contributed by atoms with van der Waals surface area (Å²) < 4.78 is 23.8. The Balaban J connectivity index is 3.35. The van der Waals surface area contributed by atoms with Gasteiger partial charge in [-0.3, -0.25) is 10.1 Å². The van der Waals surface area contributed by atoms with Crippen LogP contribution in [0.2, 0.25) is 0 Å². The molecular weight excluding hydrogens is 268 g/mol. The highest BCUT2D eigenvalue weighted by molar-refractivity contribution is 7.92. The first-order valence-electron chi connectivity index (χ1n) is 4.71. The Labute approximate surface area is 104 Å². The molecule has 0 radical (unpaired) electrons. The minimum atomic E-state index is -3.71. The molecule has 1 heterocycles. The summed E-state index contributed by atoms with van der Waals surface area (Å²) in [4.78, 5) is 13.8. The lowest BCUT2D eigenvalue weighted by atomic mass is 10.3. The second-order valence-electron chi connectivity index (χ2n) is 3.58.